The van der Waals surface area contributed by atoms with Gasteiger partial charge in [0.05, 0.1) is 11.7 Å². The predicted octanol–water partition coefficient (Wildman–Crippen LogP) is 2.57. The highest BCUT2D eigenvalue weighted by atomic mass is 35.5. The third-order valence-electron chi connectivity index (χ3n) is 2.34. The van der Waals surface area contributed by atoms with Gasteiger partial charge in [-0.2, -0.15) is 8.75 Å². The Bertz CT molecular complexity index is 268. The zero-order valence-corrected chi connectivity index (χ0v) is 8.94. The monoisotopic (exact) mass is 217 g/mol. The lowest BCUT2D eigenvalue weighted by molar-refractivity contribution is 0.726. The van der Waals surface area contributed by atoms with Crippen LogP contribution in [0.4, 0.5) is 5.82 Å². The SMILES string of the molecule is Clc1nsnc1N1CCCCCC1. The molecule has 1 aliphatic rings. The van der Waals surface area contributed by atoms with Crippen molar-refractivity contribution in [1.29, 1.82) is 0 Å². The van der Waals surface area contributed by atoms with Gasteiger partial charge in [-0.25, -0.2) is 0 Å². The molecule has 13 heavy (non-hydrogen) atoms. The van der Waals surface area contributed by atoms with E-state index in [1.165, 1.54) is 37.4 Å². The second-order valence-corrected chi connectivity index (χ2v) is 4.17. The second kappa shape index (κ2) is 4.24. The van der Waals surface area contributed by atoms with Gasteiger partial charge >= 0.3 is 0 Å². The molecule has 0 spiro atoms. The van der Waals surface area contributed by atoms with Gasteiger partial charge in [0.25, 0.3) is 0 Å². The summed E-state index contributed by atoms with van der Waals surface area (Å²) in [5, 5.41) is 0.562. The predicted molar refractivity (Wildman–Crippen MR) is 55.6 cm³/mol. The van der Waals surface area contributed by atoms with E-state index in [1.54, 1.807) is 0 Å². The Morgan fingerprint density at radius 1 is 1.08 bits per heavy atom. The molecular weight excluding hydrogens is 206 g/mol. The van der Waals surface area contributed by atoms with Crippen LogP contribution in [0.25, 0.3) is 0 Å². The molecule has 1 aromatic rings. The van der Waals surface area contributed by atoms with Gasteiger partial charge in [0.15, 0.2) is 11.0 Å². The van der Waals surface area contributed by atoms with Crippen molar-refractivity contribution in [3.63, 3.8) is 0 Å². The summed E-state index contributed by atoms with van der Waals surface area (Å²) in [6.45, 7) is 2.15. The molecule has 1 fully saturated rings. The molecule has 5 heteroatoms. The first-order valence-electron chi connectivity index (χ1n) is 4.61. The normalized spacial score (nSPS) is 18.7. The maximum Gasteiger partial charge on any atom is 0.187 e. The van der Waals surface area contributed by atoms with E-state index in [0.717, 1.165) is 18.9 Å². The van der Waals surface area contributed by atoms with Crippen molar-refractivity contribution in [2.45, 2.75) is 25.7 Å². The molecule has 0 amide bonds. The summed E-state index contributed by atoms with van der Waals surface area (Å²) < 4.78 is 8.18. The van der Waals surface area contributed by atoms with Crippen molar-refractivity contribution < 1.29 is 0 Å². The molecule has 0 saturated carbocycles. The van der Waals surface area contributed by atoms with Crippen molar-refractivity contribution in [2.75, 3.05) is 18.0 Å². The van der Waals surface area contributed by atoms with Crippen LogP contribution in [0.1, 0.15) is 25.7 Å². The topological polar surface area (TPSA) is 29.0 Å². The Kier molecular flexibility index (Phi) is 3.01. The molecule has 2 heterocycles. The highest BCUT2D eigenvalue weighted by molar-refractivity contribution is 6.99. The van der Waals surface area contributed by atoms with Gasteiger partial charge in [0.2, 0.25) is 0 Å². The summed E-state index contributed by atoms with van der Waals surface area (Å²) in [6, 6.07) is 0. The molecule has 0 N–H and O–H groups in total. The average Bonchev–Trinajstić information content (AvgIpc) is 2.43. The standard InChI is InChI=1S/C8H12ClN3S/c9-7-8(11-13-10-7)12-5-3-1-2-4-6-12/h1-6H2. The molecule has 2 rings (SSSR count). The summed E-state index contributed by atoms with van der Waals surface area (Å²) >= 11 is 7.11. The smallest absolute Gasteiger partial charge is 0.187 e. The maximum atomic E-state index is 5.92. The third-order valence-corrected chi connectivity index (χ3v) is 3.21. The maximum absolute atomic E-state index is 5.92. The van der Waals surface area contributed by atoms with E-state index < -0.39 is 0 Å². The molecule has 0 aliphatic carbocycles. The Balaban J connectivity index is 2.10. The molecule has 1 saturated heterocycles. The molecule has 0 aromatic carbocycles. The quantitative estimate of drug-likeness (QED) is 0.724. The number of halogens is 1. The Morgan fingerprint density at radius 2 is 1.77 bits per heavy atom. The van der Waals surface area contributed by atoms with Gasteiger partial charge < -0.3 is 4.90 Å². The number of hydrogen-bond donors (Lipinski definition) is 0. The van der Waals surface area contributed by atoms with Gasteiger partial charge in [-0.05, 0) is 12.8 Å². The summed E-state index contributed by atoms with van der Waals surface area (Å²) in [4.78, 5) is 2.25. The van der Waals surface area contributed by atoms with E-state index in [9.17, 15) is 0 Å². The number of rotatable bonds is 1. The van der Waals surface area contributed by atoms with Crippen LogP contribution in [0.15, 0.2) is 0 Å². The first-order chi connectivity index (χ1) is 6.38. The van der Waals surface area contributed by atoms with Crippen LogP contribution in [-0.4, -0.2) is 21.8 Å². The molecule has 1 aromatic heterocycles. The largest absolute Gasteiger partial charge is 0.353 e. The Morgan fingerprint density at radius 3 is 2.31 bits per heavy atom. The minimum absolute atomic E-state index is 0.562. The van der Waals surface area contributed by atoms with Crippen LogP contribution < -0.4 is 4.90 Å². The molecule has 1 aliphatic heterocycles. The van der Waals surface area contributed by atoms with Crippen LogP contribution in [0.5, 0.6) is 0 Å². The fourth-order valence-electron chi connectivity index (χ4n) is 1.64. The molecule has 72 valence electrons. The molecule has 0 radical (unpaired) electrons. The van der Waals surface area contributed by atoms with Gasteiger partial charge in [-0.3, -0.25) is 0 Å². The third kappa shape index (κ3) is 2.11. The van der Waals surface area contributed by atoms with Crippen molar-refractivity contribution >= 4 is 29.1 Å². The van der Waals surface area contributed by atoms with E-state index in [0.29, 0.717) is 5.15 Å². The van der Waals surface area contributed by atoms with Gasteiger partial charge in [0.1, 0.15) is 0 Å². The summed E-state index contributed by atoms with van der Waals surface area (Å²) in [5.74, 6) is 0.883. The lowest BCUT2D eigenvalue weighted by Crippen LogP contribution is -2.24. The van der Waals surface area contributed by atoms with Crippen molar-refractivity contribution in [2.24, 2.45) is 0 Å². The molecular formula is C8H12ClN3S. The highest BCUT2D eigenvalue weighted by Gasteiger charge is 2.15. The van der Waals surface area contributed by atoms with Crippen LogP contribution in [0, 0.1) is 0 Å². The molecule has 3 nitrogen and oxygen atoms in total. The summed E-state index contributed by atoms with van der Waals surface area (Å²) in [5.41, 5.74) is 0. The van der Waals surface area contributed by atoms with E-state index in [2.05, 4.69) is 13.6 Å². The molecule has 0 unspecified atom stereocenters. The van der Waals surface area contributed by atoms with Crippen LogP contribution in [0.3, 0.4) is 0 Å². The Labute approximate surface area is 87.0 Å². The number of anilines is 1. The zero-order chi connectivity index (χ0) is 9.10. The van der Waals surface area contributed by atoms with Gasteiger partial charge in [0, 0.05) is 13.1 Å². The minimum Gasteiger partial charge on any atom is -0.353 e. The van der Waals surface area contributed by atoms with Gasteiger partial charge in [-0.15, -0.1) is 0 Å². The summed E-state index contributed by atoms with van der Waals surface area (Å²) in [6.07, 6.45) is 5.14. The van der Waals surface area contributed by atoms with Crippen molar-refractivity contribution in [3.05, 3.63) is 5.15 Å². The Hall–Kier alpha value is -0.350. The van der Waals surface area contributed by atoms with Crippen molar-refractivity contribution in [1.82, 2.24) is 8.75 Å². The molecule has 0 bridgehead atoms. The fourth-order valence-corrected chi connectivity index (χ4v) is 2.42. The fraction of sp³-hybridized carbons (Fsp3) is 0.750. The minimum atomic E-state index is 0.562. The van der Waals surface area contributed by atoms with Gasteiger partial charge in [-0.1, -0.05) is 24.4 Å². The van der Waals surface area contributed by atoms with Crippen LogP contribution in [0.2, 0.25) is 5.15 Å². The van der Waals surface area contributed by atoms with Crippen molar-refractivity contribution in [3.8, 4) is 0 Å². The first-order valence-corrected chi connectivity index (χ1v) is 5.72. The van der Waals surface area contributed by atoms with Crippen LogP contribution >= 0.6 is 23.3 Å². The first kappa shape index (κ1) is 9.21. The van der Waals surface area contributed by atoms with E-state index >= 15 is 0 Å². The molecule has 0 atom stereocenters. The lowest BCUT2D eigenvalue weighted by atomic mass is 10.2. The number of hydrogen-bond acceptors (Lipinski definition) is 4. The van der Waals surface area contributed by atoms with E-state index in [4.69, 9.17) is 11.6 Å². The number of nitrogens with zero attached hydrogens (tertiary/aromatic N) is 3. The van der Waals surface area contributed by atoms with E-state index in [1.807, 2.05) is 0 Å². The zero-order valence-electron chi connectivity index (χ0n) is 7.37. The average molecular weight is 218 g/mol. The highest BCUT2D eigenvalue weighted by Crippen LogP contribution is 2.25. The lowest BCUT2D eigenvalue weighted by Gasteiger charge is -2.18. The second-order valence-electron chi connectivity index (χ2n) is 3.28. The number of aromatic nitrogens is 2. The summed E-state index contributed by atoms with van der Waals surface area (Å²) in [7, 11) is 0. The van der Waals surface area contributed by atoms with E-state index in [-0.39, 0.29) is 0 Å². The van der Waals surface area contributed by atoms with Crippen LogP contribution in [-0.2, 0) is 0 Å².